The molecule has 1 N–H and O–H groups in total. The molecule has 3 heterocycles. The van der Waals surface area contributed by atoms with Crippen molar-refractivity contribution in [2.24, 2.45) is 7.05 Å². The highest BCUT2D eigenvalue weighted by Crippen LogP contribution is 2.26. The van der Waals surface area contributed by atoms with Gasteiger partial charge in [0.05, 0.1) is 18.2 Å². The second-order valence-corrected chi connectivity index (χ2v) is 7.08. The van der Waals surface area contributed by atoms with Gasteiger partial charge in [0, 0.05) is 43.8 Å². The van der Waals surface area contributed by atoms with Crippen LogP contribution in [0.2, 0.25) is 0 Å². The van der Waals surface area contributed by atoms with E-state index in [-0.39, 0.29) is 5.91 Å². The van der Waals surface area contributed by atoms with Crippen molar-refractivity contribution in [3.05, 3.63) is 71.9 Å². The first-order valence-electron chi connectivity index (χ1n) is 9.88. The summed E-state index contributed by atoms with van der Waals surface area (Å²) >= 11 is 0. The van der Waals surface area contributed by atoms with Gasteiger partial charge >= 0.3 is 0 Å². The van der Waals surface area contributed by atoms with E-state index in [1.165, 1.54) is 0 Å². The Bertz CT molecular complexity index is 1180. The molecule has 8 heteroatoms. The van der Waals surface area contributed by atoms with E-state index < -0.39 is 0 Å². The smallest absolute Gasteiger partial charge is 0.259 e. The van der Waals surface area contributed by atoms with E-state index in [2.05, 4.69) is 20.4 Å². The minimum absolute atomic E-state index is 0.135. The van der Waals surface area contributed by atoms with Crippen molar-refractivity contribution in [2.75, 3.05) is 13.7 Å². The molecule has 0 saturated heterocycles. The first kappa shape index (κ1) is 20.3. The number of carbonyl (C=O) groups excluding carboxylic acids is 1. The van der Waals surface area contributed by atoms with E-state index in [1.54, 1.807) is 19.5 Å². The second kappa shape index (κ2) is 8.83. The van der Waals surface area contributed by atoms with Crippen LogP contribution in [0.4, 0.5) is 0 Å². The van der Waals surface area contributed by atoms with Crippen molar-refractivity contribution in [1.82, 2.24) is 25.0 Å². The molecular formula is C23H23N5O3. The van der Waals surface area contributed by atoms with Crippen LogP contribution in [0.5, 0.6) is 5.75 Å². The van der Waals surface area contributed by atoms with Crippen molar-refractivity contribution >= 4 is 5.91 Å². The molecule has 0 spiro atoms. The van der Waals surface area contributed by atoms with E-state index in [0.717, 1.165) is 28.3 Å². The number of methoxy groups -OCH3 is 1. The average Bonchev–Trinajstić information content (AvgIpc) is 3.39. The number of nitrogens with zero attached hydrogens (tertiary/aromatic N) is 4. The van der Waals surface area contributed by atoms with Crippen molar-refractivity contribution in [1.29, 1.82) is 0 Å². The van der Waals surface area contributed by atoms with Crippen LogP contribution in [0.15, 0.2) is 59.4 Å². The molecule has 0 atom stereocenters. The molecule has 0 aliphatic heterocycles. The molecule has 3 aromatic heterocycles. The molecule has 0 aliphatic rings. The highest BCUT2D eigenvalue weighted by molar-refractivity contribution is 5.97. The second-order valence-electron chi connectivity index (χ2n) is 7.08. The van der Waals surface area contributed by atoms with E-state index in [0.29, 0.717) is 30.2 Å². The van der Waals surface area contributed by atoms with Gasteiger partial charge in [-0.3, -0.25) is 9.78 Å². The van der Waals surface area contributed by atoms with Crippen LogP contribution < -0.4 is 10.1 Å². The predicted molar refractivity (Wildman–Crippen MR) is 116 cm³/mol. The van der Waals surface area contributed by atoms with E-state index in [9.17, 15) is 4.79 Å². The Labute approximate surface area is 179 Å². The molecule has 1 amide bonds. The average molecular weight is 417 g/mol. The number of amides is 1. The number of ether oxygens (including phenoxy) is 1. The SMILES string of the molecule is COc1ccc(-c2cc(C(=O)NCCc3noc(-c4cccnc4)n3)c(C)n2C)cc1. The first-order valence-corrected chi connectivity index (χ1v) is 9.88. The van der Waals surface area contributed by atoms with Crippen molar-refractivity contribution in [2.45, 2.75) is 13.3 Å². The third-order valence-electron chi connectivity index (χ3n) is 5.18. The van der Waals surface area contributed by atoms with Crippen LogP contribution in [0.3, 0.4) is 0 Å². The maximum atomic E-state index is 12.8. The molecule has 0 bridgehead atoms. The maximum absolute atomic E-state index is 12.8. The summed E-state index contributed by atoms with van der Waals surface area (Å²) in [5.41, 5.74) is 4.26. The Morgan fingerprint density at radius 1 is 1.19 bits per heavy atom. The quantitative estimate of drug-likeness (QED) is 0.495. The van der Waals surface area contributed by atoms with Gasteiger partial charge in [0.15, 0.2) is 5.82 Å². The molecule has 1 aromatic carbocycles. The molecule has 4 aromatic rings. The van der Waals surface area contributed by atoms with Gasteiger partial charge in [-0.05, 0) is 55.0 Å². The predicted octanol–water partition coefficient (Wildman–Crippen LogP) is 3.43. The third kappa shape index (κ3) is 4.32. The normalized spacial score (nSPS) is 10.8. The summed E-state index contributed by atoms with van der Waals surface area (Å²) in [5.74, 6) is 1.60. The lowest BCUT2D eigenvalue weighted by Crippen LogP contribution is -2.26. The number of hydrogen-bond acceptors (Lipinski definition) is 6. The molecule has 8 nitrogen and oxygen atoms in total. The monoisotopic (exact) mass is 417 g/mol. The lowest BCUT2D eigenvalue weighted by molar-refractivity contribution is 0.0953. The van der Waals surface area contributed by atoms with Gasteiger partial charge < -0.3 is 19.1 Å². The van der Waals surface area contributed by atoms with Crippen LogP contribution in [0, 0.1) is 6.92 Å². The van der Waals surface area contributed by atoms with Gasteiger partial charge in [-0.15, -0.1) is 0 Å². The van der Waals surface area contributed by atoms with Crippen LogP contribution >= 0.6 is 0 Å². The summed E-state index contributed by atoms with van der Waals surface area (Å²) in [6.45, 7) is 2.33. The fourth-order valence-electron chi connectivity index (χ4n) is 3.31. The van der Waals surface area contributed by atoms with Crippen LogP contribution in [0.25, 0.3) is 22.7 Å². The summed E-state index contributed by atoms with van der Waals surface area (Å²) < 4.78 is 12.5. The summed E-state index contributed by atoms with van der Waals surface area (Å²) in [6.07, 6.45) is 3.81. The number of aromatic nitrogens is 4. The highest BCUT2D eigenvalue weighted by Gasteiger charge is 2.17. The van der Waals surface area contributed by atoms with E-state index >= 15 is 0 Å². The number of rotatable bonds is 7. The minimum Gasteiger partial charge on any atom is -0.497 e. The molecule has 0 aliphatic carbocycles. The van der Waals surface area contributed by atoms with Crippen molar-refractivity contribution < 1.29 is 14.1 Å². The number of carbonyl (C=O) groups is 1. The Hall–Kier alpha value is -3.94. The van der Waals surface area contributed by atoms with E-state index in [1.807, 2.05) is 61.0 Å². The van der Waals surface area contributed by atoms with Gasteiger partial charge in [0.2, 0.25) is 0 Å². The standard InChI is InChI=1S/C23H23N5O3/c1-15-19(13-20(28(15)2)16-6-8-18(30-3)9-7-16)22(29)25-12-10-21-26-23(31-27-21)17-5-4-11-24-14-17/h4-9,11,13-14H,10,12H2,1-3H3,(H,25,29). The lowest BCUT2D eigenvalue weighted by atomic mass is 10.1. The van der Waals surface area contributed by atoms with Crippen LogP contribution in [0.1, 0.15) is 21.9 Å². The Balaban J connectivity index is 1.40. The molecule has 0 unspecified atom stereocenters. The van der Waals surface area contributed by atoms with Gasteiger partial charge in [-0.25, -0.2) is 0 Å². The molecule has 158 valence electrons. The fraction of sp³-hybridized carbons (Fsp3) is 0.217. The molecule has 0 saturated carbocycles. The van der Waals surface area contributed by atoms with E-state index in [4.69, 9.17) is 9.26 Å². The fourth-order valence-corrected chi connectivity index (χ4v) is 3.31. The Morgan fingerprint density at radius 2 is 2.00 bits per heavy atom. The largest absolute Gasteiger partial charge is 0.497 e. The topological polar surface area (TPSA) is 95.1 Å². The van der Waals surface area contributed by atoms with Gasteiger partial charge in [-0.1, -0.05) is 5.16 Å². The minimum atomic E-state index is -0.135. The zero-order valence-electron chi connectivity index (χ0n) is 17.6. The molecule has 31 heavy (non-hydrogen) atoms. The third-order valence-corrected chi connectivity index (χ3v) is 5.18. The molecule has 4 rings (SSSR count). The number of hydrogen-bond donors (Lipinski definition) is 1. The van der Waals surface area contributed by atoms with Crippen molar-refractivity contribution in [3.8, 4) is 28.5 Å². The maximum Gasteiger partial charge on any atom is 0.259 e. The lowest BCUT2D eigenvalue weighted by Gasteiger charge is -2.06. The first-order chi connectivity index (χ1) is 15.1. The molecule has 0 radical (unpaired) electrons. The highest BCUT2D eigenvalue weighted by atomic mass is 16.5. The zero-order chi connectivity index (χ0) is 21.8. The van der Waals surface area contributed by atoms with Crippen molar-refractivity contribution in [3.63, 3.8) is 0 Å². The summed E-state index contributed by atoms with van der Waals surface area (Å²) in [5, 5.41) is 6.91. The van der Waals surface area contributed by atoms with Gasteiger partial charge in [0.1, 0.15) is 5.75 Å². The van der Waals surface area contributed by atoms with Crippen LogP contribution in [-0.4, -0.2) is 39.3 Å². The Morgan fingerprint density at radius 3 is 2.71 bits per heavy atom. The summed E-state index contributed by atoms with van der Waals surface area (Å²) in [7, 11) is 3.59. The summed E-state index contributed by atoms with van der Waals surface area (Å²) in [6, 6.07) is 13.3. The van der Waals surface area contributed by atoms with Gasteiger partial charge in [0.25, 0.3) is 11.8 Å². The number of nitrogens with one attached hydrogen (secondary N) is 1. The number of benzene rings is 1. The molecular weight excluding hydrogens is 394 g/mol. The summed E-state index contributed by atoms with van der Waals surface area (Å²) in [4.78, 5) is 21.2. The zero-order valence-corrected chi connectivity index (χ0v) is 17.6. The van der Waals surface area contributed by atoms with Gasteiger partial charge in [-0.2, -0.15) is 4.98 Å². The van der Waals surface area contributed by atoms with Crippen LogP contribution in [-0.2, 0) is 13.5 Å². The Kier molecular flexibility index (Phi) is 5.79. The molecule has 0 fully saturated rings. The number of pyridine rings is 1.